The van der Waals surface area contributed by atoms with E-state index in [1.807, 2.05) is 30.5 Å². The fourth-order valence-electron chi connectivity index (χ4n) is 3.98. The molecule has 1 aromatic carbocycles. The highest BCUT2D eigenvalue weighted by molar-refractivity contribution is 7.18. The van der Waals surface area contributed by atoms with Gasteiger partial charge in [0, 0.05) is 48.6 Å². The molecule has 0 bridgehead atoms. The number of aromatic amines is 1. The van der Waals surface area contributed by atoms with Crippen LogP contribution in [0.5, 0.6) is 0 Å². The van der Waals surface area contributed by atoms with E-state index in [1.54, 1.807) is 29.0 Å². The van der Waals surface area contributed by atoms with E-state index in [-0.39, 0.29) is 12.0 Å². The SMILES string of the molecule is Cc1csc(CC(C=O)CN2CCc3[nH]cnc3[C@H]2c2nc3ccccc3s2)n1. The molecule has 1 aliphatic rings. The van der Waals surface area contributed by atoms with Crippen molar-refractivity contribution in [2.24, 2.45) is 5.92 Å². The predicted octanol–water partition coefficient (Wildman–Crippen LogP) is 3.79. The van der Waals surface area contributed by atoms with Crippen molar-refractivity contribution >= 4 is 39.2 Å². The molecule has 5 rings (SSSR count). The Morgan fingerprint density at radius 3 is 3.03 bits per heavy atom. The second-order valence-electron chi connectivity index (χ2n) is 7.42. The highest BCUT2D eigenvalue weighted by Crippen LogP contribution is 2.37. The smallest absolute Gasteiger partial charge is 0.124 e. The number of hydrogen-bond acceptors (Lipinski definition) is 7. The molecule has 0 amide bonds. The minimum Gasteiger partial charge on any atom is -0.348 e. The molecule has 29 heavy (non-hydrogen) atoms. The second-order valence-corrected chi connectivity index (χ2v) is 9.42. The Labute approximate surface area is 176 Å². The van der Waals surface area contributed by atoms with Crippen LogP contribution in [0.3, 0.4) is 0 Å². The molecule has 8 heteroatoms. The van der Waals surface area contributed by atoms with E-state index in [0.29, 0.717) is 13.0 Å². The van der Waals surface area contributed by atoms with Gasteiger partial charge in [0.2, 0.25) is 0 Å². The predicted molar refractivity (Wildman–Crippen MR) is 115 cm³/mol. The number of benzene rings is 1. The first kappa shape index (κ1) is 18.6. The monoisotopic (exact) mass is 423 g/mol. The van der Waals surface area contributed by atoms with Crippen molar-refractivity contribution in [3.05, 3.63) is 63.1 Å². The molecule has 3 aromatic heterocycles. The number of fused-ring (bicyclic) bond motifs is 2. The molecule has 2 atom stereocenters. The Hall–Kier alpha value is -2.42. The molecule has 4 aromatic rings. The number of carbonyl (C=O) groups is 1. The van der Waals surface area contributed by atoms with Gasteiger partial charge in [0.05, 0.1) is 27.2 Å². The van der Waals surface area contributed by atoms with Crippen LogP contribution in [0.1, 0.15) is 33.1 Å². The third-order valence-electron chi connectivity index (χ3n) is 5.33. The molecule has 1 aliphatic heterocycles. The normalized spacial score (nSPS) is 18.0. The highest BCUT2D eigenvalue weighted by atomic mass is 32.1. The van der Waals surface area contributed by atoms with Gasteiger partial charge in [-0.2, -0.15) is 0 Å². The first-order chi connectivity index (χ1) is 14.2. The van der Waals surface area contributed by atoms with Crippen molar-refractivity contribution in [1.29, 1.82) is 0 Å². The zero-order valence-electron chi connectivity index (χ0n) is 16.0. The molecule has 0 spiro atoms. The van der Waals surface area contributed by atoms with Gasteiger partial charge in [-0.15, -0.1) is 22.7 Å². The van der Waals surface area contributed by atoms with Crippen LogP contribution in [0.15, 0.2) is 36.0 Å². The maximum atomic E-state index is 11.9. The molecule has 148 valence electrons. The van der Waals surface area contributed by atoms with Gasteiger partial charge in [-0.05, 0) is 19.1 Å². The lowest BCUT2D eigenvalue weighted by atomic mass is 9.99. The average Bonchev–Trinajstić information content (AvgIpc) is 3.46. The first-order valence-electron chi connectivity index (χ1n) is 9.69. The van der Waals surface area contributed by atoms with Crippen molar-refractivity contribution in [3.63, 3.8) is 0 Å². The van der Waals surface area contributed by atoms with E-state index >= 15 is 0 Å². The number of H-pyrrole nitrogens is 1. The lowest BCUT2D eigenvalue weighted by Crippen LogP contribution is -2.40. The summed E-state index contributed by atoms with van der Waals surface area (Å²) in [4.78, 5) is 31.6. The summed E-state index contributed by atoms with van der Waals surface area (Å²) in [6.07, 6.45) is 4.42. The lowest BCUT2D eigenvalue weighted by molar-refractivity contribution is -0.111. The van der Waals surface area contributed by atoms with E-state index in [1.165, 1.54) is 10.4 Å². The van der Waals surface area contributed by atoms with E-state index in [4.69, 9.17) is 4.98 Å². The molecule has 0 aliphatic carbocycles. The number of hydrogen-bond donors (Lipinski definition) is 1. The molecule has 1 unspecified atom stereocenters. The lowest BCUT2D eigenvalue weighted by Gasteiger charge is -2.35. The number of thiazole rings is 2. The quantitative estimate of drug-likeness (QED) is 0.478. The standard InChI is InChI=1S/C21H21N5OS2/c1-13-11-28-18(24-13)8-14(10-27)9-26-7-6-16-19(23-12-22-16)20(26)21-25-15-4-2-3-5-17(15)29-21/h2-5,10-12,14,20H,6-9H2,1H3,(H,22,23)/t14?,20-/m0/s1. The molecular formula is C21H21N5OS2. The Morgan fingerprint density at radius 1 is 1.34 bits per heavy atom. The second kappa shape index (κ2) is 7.78. The van der Waals surface area contributed by atoms with E-state index in [2.05, 4.69) is 25.9 Å². The van der Waals surface area contributed by atoms with Crippen LogP contribution >= 0.6 is 22.7 Å². The summed E-state index contributed by atoms with van der Waals surface area (Å²) in [6, 6.07) is 8.19. The van der Waals surface area contributed by atoms with Crippen molar-refractivity contribution in [2.45, 2.75) is 25.8 Å². The zero-order chi connectivity index (χ0) is 19.8. The minimum absolute atomic E-state index is 0.0251. The fraction of sp³-hybridized carbons (Fsp3) is 0.333. The van der Waals surface area contributed by atoms with Crippen molar-refractivity contribution in [2.75, 3.05) is 13.1 Å². The fourth-order valence-corrected chi connectivity index (χ4v) is 5.95. The Morgan fingerprint density at radius 2 is 2.24 bits per heavy atom. The van der Waals surface area contributed by atoms with E-state index in [9.17, 15) is 4.79 Å². The molecule has 1 N–H and O–H groups in total. The zero-order valence-corrected chi connectivity index (χ0v) is 17.7. The number of carbonyl (C=O) groups excluding carboxylic acids is 1. The molecule has 0 radical (unpaired) electrons. The van der Waals surface area contributed by atoms with Gasteiger partial charge in [-0.25, -0.2) is 15.0 Å². The molecule has 4 heterocycles. The molecule has 0 fully saturated rings. The number of nitrogens with zero attached hydrogens (tertiary/aromatic N) is 4. The number of nitrogens with one attached hydrogen (secondary N) is 1. The van der Waals surface area contributed by atoms with Crippen LogP contribution < -0.4 is 0 Å². The molecule has 0 saturated heterocycles. The third kappa shape index (κ3) is 3.63. The number of aldehydes is 1. The van der Waals surface area contributed by atoms with Gasteiger partial charge in [0.1, 0.15) is 17.3 Å². The van der Waals surface area contributed by atoms with Crippen LogP contribution in [-0.4, -0.2) is 44.2 Å². The average molecular weight is 424 g/mol. The number of aryl methyl sites for hydroxylation is 1. The minimum atomic E-state index is -0.0991. The first-order valence-corrected chi connectivity index (χ1v) is 11.4. The van der Waals surface area contributed by atoms with Crippen LogP contribution in [0.2, 0.25) is 0 Å². The van der Waals surface area contributed by atoms with Gasteiger partial charge in [0.25, 0.3) is 0 Å². The molecule has 0 saturated carbocycles. The van der Waals surface area contributed by atoms with Crippen molar-refractivity contribution in [3.8, 4) is 0 Å². The van der Waals surface area contributed by atoms with Crippen LogP contribution in [-0.2, 0) is 17.6 Å². The summed E-state index contributed by atoms with van der Waals surface area (Å²) in [6.45, 7) is 3.54. The van der Waals surface area contributed by atoms with Gasteiger partial charge >= 0.3 is 0 Å². The summed E-state index contributed by atoms with van der Waals surface area (Å²) in [5.41, 5.74) is 4.23. The topological polar surface area (TPSA) is 74.8 Å². The van der Waals surface area contributed by atoms with Crippen LogP contribution in [0.4, 0.5) is 0 Å². The van der Waals surface area contributed by atoms with Crippen LogP contribution in [0, 0.1) is 12.8 Å². The largest absolute Gasteiger partial charge is 0.348 e. The van der Waals surface area contributed by atoms with Crippen LogP contribution in [0.25, 0.3) is 10.2 Å². The molecule has 6 nitrogen and oxygen atoms in total. The van der Waals surface area contributed by atoms with Crippen molar-refractivity contribution in [1.82, 2.24) is 24.8 Å². The van der Waals surface area contributed by atoms with E-state index < -0.39 is 0 Å². The van der Waals surface area contributed by atoms with Gasteiger partial charge in [0.15, 0.2) is 0 Å². The Kier molecular flexibility index (Phi) is 4.99. The Bertz CT molecular complexity index is 1110. The number of imidazole rings is 1. The summed E-state index contributed by atoms with van der Waals surface area (Å²) in [7, 11) is 0. The number of para-hydroxylation sites is 1. The van der Waals surface area contributed by atoms with Gasteiger partial charge in [-0.3, -0.25) is 4.90 Å². The number of aromatic nitrogens is 4. The number of rotatable bonds is 6. The molecular weight excluding hydrogens is 402 g/mol. The maximum absolute atomic E-state index is 11.9. The van der Waals surface area contributed by atoms with Gasteiger partial charge in [-0.1, -0.05) is 12.1 Å². The third-order valence-corrected chi connectivity index (χ3v) is 7.41. The summed E-state index contributed by atoms with van der Waals surface area (Å²) < 4.78 is 1.18. The highest BCUT2D eigenvalue weighted by Gasteiger charge is 2.34. The van der Waals surface area contributed by atoms with E-state index in [0.717, 1.165) is 46.2 Å². The maximum Gasteiger partial charge on any atom is 0.124 e. The summed E-state index contributed by atoms with van der Waals surface area (Å²) in [5.74, 6) is -0.0991. The summed E-state index contributed by atoms with van der Waals surface area (Å²) in [5, 5.41) is 4.10. The van der Waals surface area contributed by atoms with Gasteiger partial charge < -0.3 is 9.78 Å². The Balaban J connectivity index is 1.46. The summed E-state index contributed by atoms with van der Waals surface area (Å²) >= 11 is 3.34. The van der Waals surface area contributed by atoms with Crippen molar-refractivity contribution < 1.29 is 4.79 Å².